The van der Waals surface area contributed by atoms with Crippen LogP contribution >= 0.6 is 0 Å². The van der Waals surface area contributed by atoms with Crippen LogP contribution in [0.1, 0.15) is 21.5 Å². The molecule has 0 fully saturated rings. The summed E-state index contributed by atoms with van der Waals surface area (Å²) in [6, 6.07) is 13.8. The molecule has 2 aromatic carbocycles. The minimum Gasteiger partial charge on any atom is -0.399 e. The Kier molecular flexibility index (Phi) is 3.87. The molecule has 0 saturated carbocycles. The standard InChI is InChI=1S/C15H14N4O/c16-8-10-1-3-11(4-2-10)9-19-15(20)12-5-13(17)7-14(18)6-12/h1-7H,9,17-18H2,(H,19,20). The van der Waals surface area contributed by atoms with E-state index in [2.05, 4.69) is 5.32 Å². The largest absolute Gasteiger partial charge is 0.399 e. The molecule has 5 nitrogen and oxygen atoms in total. The maximum absolute atomic E-state index is 12.0. The Morgan fingerprint density at radius 2 is 1.70 bits per heavy atom. The van der Waals surface area contributed by atoms with Crippen LogP contribution in [0.3, 0.4) is 0 Å². The lowest BCUT2D eigenvalue weighted by atomic mass is 10.1. The van der Waals surface area contributed by atoms with Gasteiger partial charge in [0.1, 0.15) is 0 Å². The van der Waals surface area contributed by atoms with Gasteiger partial charge < -0.3 is 16.8 Å². The highest BCUT2D eigenvalue weighted by atomic mass is 16.1. The summed E-state index contributed by atoms with van der Waals surface area (Å²) in [5, 5.41) is 11.5. The SMILES string of the molecule is N#Cc1ccc(CNC(=O)c2cc(N)cc(N)c2)cc1. The van der Waals surface area contributed by atoms with E-state index in [9.17, 15) is 4.79 Å². The van der Waals surface area contributed by atoms with Crippen molar-refractivity contribution in [2.24, 2.45) is 0 Å². The van der Waals surface area contributed by atoms with Crippen LogP contribution in [0.25, 0.3) is 0 Å². The summed E-state index contributed by atoms with van der Waals surface area (Å²) >= 11 is 0. The number of nitrogens with two attached hydrogens (primary N) is 2. The molecule has 0 aliphatic rings. The number of hydrogen-bond acceptors (Lipinski definition) is 4. The number of rotatable bonds is 3. The molecular weight excluding hydrogens is 252 g/mol. The van der Waals surface area contributed by atoms with Gasteiger partial charge in [-0.05, 0) is 35.9 Å². The lowest BCUT2D eigenvalue weighted by Crippen LogP contribution is -2.23. The van der Waals surface area contributed by atoms with Crippen LogP contribution in [-0.4, -0.2) is 5.91 Å². The van der Waals surface area contributed by atoms with Crippen LogP contribution in [0, 0.1) is 11.3 Å². The summed E-state index contributed by atoms with van der Waals surface area (Å²) in [5.41, 5.74) is 14.1. The Bertz CT molecular complexity index is 651. The zero-order chi connectivity index (χ0) is 14.5. The van der Waals surface area contributed by atoms with E-state index in [1.54, 1.807) is 42.5 Å². The summed E-state index contributed by atoms with van der Waals surface area (Å²) in [6.07, 6.45) is 0. The molecule has 0 aliphatic carbocycles. The molecule has 0 aromatic heterocycles. The number of anilines is 2. The third-order valence-corrected chi connectivity index (χ3v) is 2.78. The molecule has 5 N–H and O–H groups in total. The van der Waals surface area contributed by atoms with Gasteiger partial charge in [-0.25, -0.2) is 0 Å². The quantitative estimate of drug-likeness (QED) is 0.734. The zero-order valence-electron chi connectivity index (χ0n) is 10.8. The Morgan fingerprint density at radius 3 is 2.25 bits per heavy atom. The average Bonchev–Trinajstić information content (AvgIpc) is 2.44. The molecule has 0 heterocycles. The van der Waals surface area contributed by atoms with Crippen molar-refractivity contribution in [1.82, 2.24) is 5.32 Å². The highest BCUT2D eigenvalue weighted by Gasteiger charge is 2.07. The van der Waals surface area contributed by atoms with E-state index < -0.39 is 0 Å². The molecule has 100 valence electrons. The molecule has 0 aliphatic heterocycles. The van der Waals surface area contributed by atoms with Crippen molar-refractivity contribution in [3.05, 3.63) is 59.2 Å². The lowest BCUT2D eigenvalue weighted by Gasteiger charge is -2.07. The van der Waals surface area contributed by atoms with Crippen LogP contribution in [0.15, 0.2) is 42.5 Å². The maximum atomic E-state index is 12.0. The van der Waals surface area contributed by atoms with E-state index >= 15 is 0 Å². The molecule has 1 amide bonds. The van der Waals surface area contributed by atoms with Gasteiger partial charge in [-0.1, -0.05) is 12.1 Å². The number of hydrogen-bond donors (Lipinski definition) is 3. The van der Waals surface area contributed by atoms with Crippen molar-refractivity contribution in [2.75, 3.05) is 11.5 Å². The van der Waals surface area contributed by atoms with Crippen molar-refractivity contribution in [2.45, 2.75) is 6.54 Å². The van der Waals surface area contributed by atoms with Crippen LogP contribution in [0.4, 0.5) is 11.4 Å². The number of amides is 1. The number of benzene rings is 2. The molecule has 0 atom stereocenters. The lowest BCUT2D eigenvalue weighted by molar-refractivity contribution is 0.0951. The molecule has 0 unspecified atom stereocenters. The van der Waals surface area contributed by atoms with Gasteiger partial charge in [-0.2, -0.15) is 5.26 Å². The number of nitrogens with one attached hydrogen (secondary N) is 1. The van der Waals surface area contributed by atoms with E-state index in [4.69, 9.17) is 16.7 Å². The fraction of sp³-hybridized carbons (Fsp3) is 0.0667. The number of nitrogen functional groups attached to an aromatic ring is 2. The Labute approximate surface area is 116 Å². The number of carbonyl (C=O) groups excluding carboxylic acids is 1. The molecule has 2 aromatic rings. The van der Waals surface area contributed by atoms with E-state index in [-0.39, 0.29) is 5.91 Å². The maximum Gasteiger partial charge on any atom is 0.251 e. The fourth-order valence-corrected chi connectivity index (χ4v) is 1.79. The zero-order valence-corrected chi connectivity index (χ0v) is 10.8. The monoisotopic (exact) mass is 266 g/mol. The molecular formula is C15H14N4O. The molecule has 0 saturated heterocycles. The second kappa shape index (κ2) is 5.76. The van der Waals surface area contributed by atoms with E-state index in [0.717, 1.165) is 5.56 Å². The highest BCUT2D eigenvalue weighted by molar-refractivity contribution is 5.96. The number of nitriles is 1. The van der Waals surface area contributed by atoms with E-state index in [0.29, 0.717) is 29.0 Å². The number of carbonyl (C=O) groups is 1. The van der Waals surface area contributed by atoms with Crippen molar-refractivity contribution in [3.63, 3.8) is 0 Å². The molecule has 20 heavy (non-hydrogen) atoms. The molecule has 0 radical (unpaired) electrons. The van der Waals surface area contributed by atoms with Crippen molar-refractivity contribution >= 4 is 17.3 Å². The first-order valence-corrected chi connectivity index (χ1v) is 6.02. The minimum absolute atomic E-state index is 0.242. The van der Waals surface area contributed by atoms with Crippen molar-refractivity contribution in [3.8, 4) is 6.07 Å². The first-order chi connectivity index (χ1) is 9.58. The summed E-state index contributed by atoms with van der Waals surface area (Å²) in [5.74, 6) is -0.242. The summed E-state index contributed by atoms with van der Waals surface area (Å²) < 4.78 is 0. The number of nitrogens with zero attached hydrogens (tertiary/aromatic N) is 1. The van der Waals surface area contributed by atoms with Gasteiger partial charge in [0.15, 0.2) is 0 Å². The topological polar surface area (TPSA) is 105 Å². The summed E-state index contributed by atoms with van der Waals surface area (Å²) in [4.78, 5) is 12.0. The second-order valence-electron chi connectivity index (χ2n) is 4.38. The normalized spacial score (nSPS) is 9.75. The minimum atomic E-state index is -0.242. The Balaban J connectivity index is 2.02. The van der Waals surface area contributed by atoms with E-state index in [1.165, 1.54) is 0 Å². The first-order valence-electron chi connectivity index (χ1n) is 6.02. The van der Waals surface area contributed by atoms with Crippen LogP contribution in [0.2, 0.25) is 0 Å². The second-order valence-corrected chi connectivity index (χ2v) is 4.38. The third kappa shape index (κ3) is 3.27. The predicted molar refractivity (Wildman–Crippen MR) is 77.6 cm³/mol. The van der Waals surface area contributed by atoms with Gasteiger partial charge in [-0.3, -0.25) is 4.79 Å². The van der Waals surface area contributed by atoms with Gasteiger partial charge in [0.05, 0.1) is 11.6 Å². The van der Waals surface area contributed by atoms with Crippen molar-refractivity contribution in [1.29, 1.82) is 5.26 Å². The van der Waals surface area contributed by atoms with Gasteiger partial charge in [-0.15, -0.1) is 0 Å². The smallest absolute Gasteiger partial charge is 0.251 e. The van der Waals surface area contributed by atoms with Crippen LogP contribution in [0.5, 0.6) is 0 Å². The average molecular weight is 266 g/mol. The van der Waals surface area contributed by atoms with Gasteiger partial charge in [0, 0.05) is 23.5 Å². The Morgan fingerprint density at radius 1 is 1.10 bits per heavy atom. The third-order valence-electron chi connectivity index (χ3n) is 2.78. The molecule has 0 bridgehead atoms. The highest BCUT2D eigenvalue weighted by Crippen LogP contribution is 2.13. The van der Waals surface area contributed by atoms with Gasteiger partial charge in [0.25, 0.3) is 5.91 Å². The summed E-state index contributed by atoms with van der Waals surface area (Å²) in [6.45, 7) is 0.374. The van der Waals surface area contributed by atoms with Crippen LogP contribution < -0.4 is 16.8 Å². The van der Waals surface area contributed by atoms with Crippen molar-refractivity contribution < 1.29 is 4.79 Å². The molecule has 2 rings (SSSR count). The molecule has 5 heteroatoms. The predicted octanol–water partition coefficient (Wildman–Crippen LogP) is 1.65. The Hall–Kier alpha value is -3.00. The van der Waals surface area contributed by atoms with Gasteiger partial charge >= 0.3 is 0 Å². The van der Waals surface area contributed by atoms with Crippen LogP contribution in [-0.2, 0) is 6.54 Å². The van der Waals surface area contributed by atoms with Gasteiger partial charge in [0.2, 0.25) is 0 Å². The fourth-order valence-electron chi connectivity index (χ4n) is 1.79. The first kappa shape index (κ1) is 13.4. The summed E-state index contributed by atoms with van der Waals surface area (Å²) in [7, 11) is 0. The molecule has 0 spiro atoms. The van der Waals surface area contributed by atoms with E-state index in [1.807, 2.05) is 6.07 Å².